The zero-order valence-corrected chi connectivity index (χ0v) is 9.16. The summed E-state index contributed by atoms with van der Waals surface area (Å²) in [5, 5.41) is 18.0. The molecule has 14 heavy (non-hydrogen) atoms. The molecule has 1 aliphatic heterocycles. The number of hydrogen-bond acceptors (Lipinski definition) is 3. The molecular formula is C11H20N2O. The van der Waals surface area contributed by atoms with Crippen LogP contribution < -0.4 is 0 Å². The van der Waals surface area contributed by atoms with Gasteiger partial charge in [-0.1, -0.05) is 0 Å². The maximum absolute atomic E-state index is 9.12. The predicted octanol–water partition coefficient (Wildman–Crippen LogP) is 1.38. The summed E-state index contributed by atoms with van der Waals surface area (Å²) in [6.45, 7) is 6.21. The molecule has 0 spiro atoms. The van der Waals surface area contributed by atoms with Crippen LogP contribution in [0.15, 0.2) is 0 Å². The predicted molar refractivity (Wildman–Crippen MR) is 55.7 cm³/mol. The van der Waals surface area contributed by atoms with E-state index in [1.54, 1.807) is 0 Å². The first-order valence-corrected chi connectivity index (χ1v) is 5.35. The number of aliphatic hydroxyl groups is 1. The molecule has 1 rings (SSSR count). The maximum atomic E-state index is 9.12. The third-order valence-electron chi connectivity index (χ3n) is 3.04. The summed E-state index contributed by atoms with van der Waals surface area (Å²) >= 11 is 0. The number of nitrogens with zero attached hydrogens (tertiary/aromatic N) is 2. The van der Waals surface area contributed by atoms with Crippen molar-refractivity contribution in [2.24, 2.45) is 5.41 Å². The molecule has 0 aromatic heterocycles. The number of aliphatic hydroxyl groups excluding tert-OH is 1. The highest BCUT2D eigenvalue weighted by molar-refractivity contribution is 4.93. The van der Waals surface area contributed by atoms with E-state index in [1.807, 2.05) is 13.8 Å². The second kappa shape index (κ2) is 4.77. The molecule has 1 atom stereocenters. The van der Waals surface area contributed by atoms with Gasteiger partial charge < -0.3 is 5.11 Å². The molecule has 0 saturated carbocycles. The number of nitriles is 1. The smallest absolute Gasteiger partial charge is 0.0684 e. The van der Waals surface area contributed by atoms with Gasteiger partial charge in [0.1, 0.15) is 0 Å². The first kappa shape index (κ1) is 11.5. The molecule has 80 valence electrons. The molecule has 0 radical (unpaired) electrons. The summed E-state index contributed by atoms with van der Waals surface area (Å²) in [6, 6.07) is 2.65. The summed E-state index contributed by atoms with van der Waals surface area (Å²) in [6.07, 6.45) is 3.17. The monoisotopic (exact) mass is 196 g/mol. The van der Waals surface area contributed by atoms with Gasteiger partial charge in [0, 0.05) is 12.6 Å². The minimum atomic E-state index is -0.234. The van der Waals surface area contributed by atoms with Crippen LogP contribution in [0.1, 0.15) is 33.1 Å². The van der Waals surface area contributed by atoms with E-state index in [2.05, 4.69) is 11.0 Å². The van der Waals surface area contributed by atoms with Gasteiger partial charge in [-0.3, -0.25) is 4.90 Å². The van der Waals surface area contributed by atoms with E-state index in [9.17, 15) is 0 Å². The Hall–Kier alpha value is -0.590. The topological polar surface area (TPSA) is 47.3 Å². The lowest BCUT2D eigenvalue weighted by atomic mass is 9.91. The van der Waals surface area contributed by atoms with E-state index in [4.69, 9.17) is 10.4 Å². The Bertz CT molecular complexity index is 220. The number of rotatable bonds is 4. The van der Waals surface area contributed by atoms with Crippen LogP contribution >= 0.6 is 0 Å². The van der Waals surface area contributed by atoms with Gasteiger partial charge in [0.15, 0.2) is 0 Å². The zero-order valence-electron chi connectivity index (χ0n) is 9.16. The molecule has 0 aromatic carbocycles. The first-order valence-electron chi connectivity index (χ1n) is 5.35. The fourth-order valence-electron chi connectivity index (χ4n) is 1.88. The number of hydrogen-bond donors (Lipinski definition) is 1. The van der Waals surface area contributed by atoms with Crippen LogP contribution in [0, 0.1) is 16.7 Å². The second-order valence-electron chi connectivity index (χ2n) is 4.76. The summed E-state index contributed by atoms with van der Waals surface area (Å²) in [7, 11) is 0. The Morgan fingerprint density at radius 2 is 2.29 bits per heavy atom. The molecule has 3 heteroatoms. The Kier molecular flexibility index (Phi) is 3.91. The lowest BCUT2D eigenvalue weighted by molar-refractivity contribution is 0.149. The van der Waals surface area contributed by atoms with Crippen LogP contribution in [0.2, 0.25) is 0 Å². The summed E-state index contributed by atoms with van der Waals surface area (Å²) in [5.41, 5.74) is -0.234. The maximum Gasteiger partial charge on any atom is 0.0684 e. The molecule has 0 aliphatic carbocycles. The molecule has 1 N–H and O–H groups in total. The summed E-state index contributed by atoms with van der Waals surface area (Å²) in [4.78, 5) is 2.30. The molecular weight excluding hydrogens is 176 g/mol. The molecule has 0 amide bonds. The average molecular weight is 196 g/mol. The zero-order chi connectivity index (χ0) is 10.6. The van der Waals surface area contributed by atoms with E-state index < -0.39 is 0 Å². The first-order chi connectivity index (χ1) is 6.59. The molecule has 1 heterocycles. The van der Waals surface area contributed by atoms with Crippen molar-refractivity contribution in [1.29, 1.82) is 5.26 Å². The molecule has 1 aliphatic rings. The standard InChI is InChI=1S/C11H20N2O/c1-11(2,9-12)5-7-13-6-3-4-10(13)8-14/h10,14H,3-8H2,1-2H3. The van der Waals surface area contributed by atoms with Gasteiger partial charge in [-0.25, -0.2) is 0 Å². The molecule has 0 bridgehead atoms. The fraction of sp³-hybridized carbons (Fsp3) is 0.909. The highest BCUT2D eigenvalue weighted by Crippen LogP contribution is 2.23. The Morgan fingerprint density at radius 3 is 2.86 bits per heavy atom. The van der Waals surface area contributed by atoms with Crippen molar-refractivity contribution >= 4 is 0 Å². The van der Waals surface area contributed by atoms with Crippen molar-refractivity contribution in [2.75, 3.05) is 19.7 Å². The average Bonchev–Trinajstić information content (AvgIpc) is 2.62. The molecule has 0 aromatic rings. The van der Waals surface area contributed by atoms with Crippen LogP contribution in [0.25, 0.3) is 0 Å². The van der Waals surface area contributed by atoms with Gasteiger partial charge >= 0.3 is 0 Å². The van der Waals surface area contributed by atoms with Crippen molar-refractivity contribution < 1.29 is 5.11 Å². The SMILES string of the molecule is CC(C)(C#N)CCN1CCCC1CO. The number of likely N-dealkylation sites (tertiary alicyclic amines) is 1. The van der Waals surface area contributed by atoms with Crippen LogP contribution in [0.5, 0.6) is 0 Å². The van der Waals surface area contributed by atoms with Gasteiger partial charge in [-0.05, 0) is 39.7 Å². The molecule has 1 unspecified atom stereocenters. The van der Waals surface area contributed by atoms with Gasteiger partial charge in [-0.15, -0.1) is 0 Å². The quantitative estimate of drug-likeness (QED) is 0.739. The minimum absolute atomic E-state index is 0.234. The third kappa shape index (κ3) is 2.97. The van der Waals surface area contributed by atoms with E-state index in [0.717, 1.165) is 25.9 Å². The third-order valence-corrected chi connectivity index (χ3v) is 3.04. The Labute approximate surface area is 86.3 Å². The molecule has 1 fully saturated rings. The summed E-state index contributed by atoms with van der Waals surface area (Å²) in [5.74, 6) is 0. The fourth-order valence-corrected chi connectivity index (χ4v) is 1.88. The summed E-state index contributed by atoms with van der Waals surface area (Å²) < 4.78 is 0. The van der Waals surface area contributed by atoms with Crippen molar-refractivity contribution in [3.63, 3.8) is 0 Å². The molecule has 1 saturated heterocycles. The van der Waals surface area contributed by atoms with Crippen LogP contribution in [0.4, 0.5) is 0 Å². The van der Waals surface area contributed by atoms with Gasteiger partial charge in [0.05, 0.1) is 18.1 Å². The minimum Gasteiger partial charge on any atom is -0.395 e. The van der Waals surface area contributed by atoms with Gasteiger partial charge in [0.25, 0.3) is 0 Å². The van der Waals surface area contributed by atoms with Gasteiger partial charge in [0.2, 0.25) is 0 Å². The van der Waals surface area contributed by atoms with E-state index in [0.29, 0.717) is 6.04 Å². The van der Waals surface area contributed by atoms with E-state index >= 15 is 0 Å². The lowest BCUT2D eigenvalue weighted by Gasteiger charge is -2.25. The largest absolute Gasteiger partial charge is 0.395 e. The Morgan fingerprint density at radius 1 is 1.57 bits per heavy atom. The Balaban J connectivity index is 2.35. The van der Waals surface area contributed by atoms with Crippen molar-refractivity contribution in [3.05, 3.63) is 0 Å². The van der Waals surface area contributed by atoms with Crippen molar-refractivity contribution in [2.45, 2.75) is 39.2 Å². The highest BCUT2D eigenvalue weighted by atomic mass is 16.3. The van der Waals surface area contributed by atoms with E-state index in [1.165, 1.54) is 6.42 Å². The molecule has 3 nitrogen and oxygen atoms in total. The second-order valence-corrected chi connectivity index (χ2v) is 4.76. The van der Waals surface area contributed by atoms with Crippen LogP contribution in [-0.4, -0.2) is 35.7 Å². The van der Waals surface area contributed by atoms with Crippen molar-refractivity contribution in [1.82, 2.24) is 4.90 Å². The lowest BCUT2D eigenvalue weighted by Crippen LogP contribution is -2.34. The van der Waals surface area contributed by atoms with Crippen LogP contribution in [-0.2, 0) is 0 Å². The van der Waals surface area contributed by atoms with Gasteiger partial charge in [-0.2, -0.15) is 5.26 Å². The van der Waals surface area contributed by atoms with Crippen molar-refractivity contribution in [3.8, 4) is 6.07 Å². The van der Waals surface area contributed by atoms with E-state index in [-0.39, 0.29) is 12.0 Å². The normalized spacial score (nSPS) is 23.7. The highest BCUT2D eigenvalue weighted by Gasteiger charge is 2.26. The van der Waals surface area contributed by atoms with Crippen LogP contribution in [0.3, 0.4) is 0 Å².